The van der Waals surface area contributed by atoms with Gasteiger partial charge in [0.2, 0.25) is 11.8 Å². The Bertz CT molecular complexity index is 1030. The number of anilines is 3. The summed E-state index contributed by atoms with van der Waals surface area (Å²) in [5, 5.41) is 5.60. The molecule has 0 atom stereocenters. The van der Waals surface area contributed by atoms with Crippen molar-refractivity contribution < 1.29 is 14.4 Å². The lowest BCUT2D eigenvalue weighted by Gasteiger charge is -2.35. The summed E-state index contributed by atoms with van der Waals surface area (Å²) in [4.78, 5) is 47.4. The topological polar surface area (TPSA) is 124 Å². The van der Waals surface area contributed by atoms with Gasteiger partial charge in [0.15, 0.2) is 0 Å². The van der Waals surface area contributed by atoms with E-state index in [1.807, 2.05) is 29.2 Å². The van der Waals surface area contributed by atoms with Gasteiger partial charge in [-0.25, -0.2) is 9.78 Å². The molecule has 2 aliphatic heterocycles. The van der Waals surface area contributed by atoms with E-state index >= 15 is 0 Å². The molecule has 4 amide bonds. The molecule has 4 rings (SSSR count). The first-order valence-electron chi connectivity index (χ1n) is 12.2. The fourth-order valence-electron chi connectivity index (χ4n) is 4.53. The van der Waals surface area contributed by atoms with Crippen molar-refractivity contribution in [1.29, 1.82) is 0 Å². The number of hydrogen-bond acceptors (Lipinski definition) is 6. The zero-order valence-corrected chi connectivity index (χ0v) is 19.9. The molecule has 3 heterocycles. The van der Waals surface area contributed by atoms with Crippen LogP contribution in [-0.2, 0) is 4.79 Å². The Morgan fingerprint density at radius 1 is 0.914 bits per heavy atom. The van der Waals surface area contributed by atoms with Gasteiger partial charge < -0.3 is 31.1 Å². The molecule has 2 aromatic rings. The molecule has 186 valence electrons. The number of aromatic nitrogens is 1. The third kappa shape index (κ3) is 6.40. The predicted octanol–water partition coefficient (Wildman–Crippen LogP) is 2.03. The van der Waals surface area contributed by atoms with Crippen molar-refractivity contribution in [2.24, 2.45) is 5.73 Å². The number of primary amides is 1. The number of urea groups is 1. The molecule has 1 aromatic heterocycles. The van der Waals surface area contributed by atoms with E-state index in [0.717, 1.165) is 50.5 Å². The van der Waals surface area contributed by atoms with Crippen molar-refractivity contribution in [3.8, 4) is 0 Å². The Balaban J connectivity index is 1.26. The molecule has 0 aliphatic carbocycles. The lowest BCUT2D eigenvalue weighted by molar-refractivity contribution is -0.131. The van der Waals surface area contributed by atoms with Gasteiger partial charge >= 0.3 is 6.03 Å². The fourth-order valence-corrected chi connectivity index (χ4v) is 4.53. The van der Waals surface area contributed by atoms with Crippen molar-refractivity contribution >= 4 is 35.0 Å². The quantitative estimate of drug-likeness (QED) is 0.558. The smallest absolute Gasteiger partial charge is 0.319 e. The summed E-state index contributed by atoms with van der Waals surface area (Å²) in [7, 11) is 0. The van der Waals surface area contributed by atoms with Gasteiger partial charge in [-0.2, -0.15) is 0 Å². The van der Waals surface area contributed by atoms with E-state index in [0.29, 0.717) is 24.3 Å². The second-order valence-corrected chi connectivity index (χ2v) is 8.83. The van der Waals surface area contributed by atoms with Crippen LogP contribution in [0.3, 0.4) is 0 Å². The van der Waals surface area contributed by atoms with Crippen LogP contribution in [0.5, 0.6) is 0 Å². The zero-order valence-electron chi connectivity index (χ0n) is 19.9. The van der Waals surface area contributed by atoms with E-state index in [1.165, 1.54) is 6.42 Å². The van der Waals surface area contributed by atoms with Crippen LogP contribution in [0.15, 0.2) is 42.6 Å². The molecule has 0 radical (unpaired) electrons. The first kappa shape index (κ1) is 24.3. The van der Waals surface area contributed by atoms with E-state index in [-0.39, 0.29) is 18.9 Å². The third-order valence-corrected chi connectivity index (χ3v) is 6.46. The molecule has 0 unspecified atom stereocenters. The predicted molar refractivity (Wildman–Crippen MR) is 136 cm³/mol. The molecule has 2 saturated heterocycles. The first-order valence-corrected chi connectivity index (χ1v) is 12.2. The van der Waals surface area contributed by atoms with Crippen LogP contribution < -0.4 is 26.2 Å². The number of carbonyl (C=O) groups is 3. The highest BCUT2D eigenvalue weighted by Crippen LogP contribution is 2.29. The number of hydrogen-bond donors (Lipinski definition) is 3. The monoisotopic (exact) mass is 479 g/mol. The summed E-state index contributed by atoms with van der Waals surface area (Å²) in [6.07, 6.45) is 5.34. The fraction of sp³-hybridized carbons (Fsp3) is 0.440. The third-order valence-electron chi connectivity index (χ3n) is 6.46. The summed E-state index contributed by atoms with van der Waals surface area (Å²) in [5.74, 6) is 0.380. The molecule has 10 heteroatoms. The molecular formula is C25H33N7O3. The van der Waals surface area contributed by atoms with Gasteiger partial charge in [0, 0.05) is 64.0 Å². The van der Waals surface area contributed by atoms with E-state index in [4.69, 9.17) is 5.73 Å². The number of piperidine rings is 1. The van der Waals surface area contributed by atoms with Gasteiger partial charge in [0.05, 0.1) is 11.4 Å². The number of pyridine rings is 1. The Morgan fingerprint density at radius 2 is 1.69 bits per heavy atom. The van der Waals surface area contributed by atoms with Crippen LogP contribution in [0.4, 0.5) is 22.0 Å². The number of nitrogens with zero attached hydrogens (tertiary/aromatic N) is 4. The Labute approximate surface area is 205 Å². The molecular weight excluding hydrogens is 446 g/mol. The van der Waals surface area contributed by atoms with E-state index in [9.17, 15) is 14.4 Å². The van der Waals surface area contributed by atoms with Crippen molar-refractivity contribution in [2.45, 2.75) is 25.7 Å². The summed E-state index contributed by atoms with van der Waals surface area (Å²) >= 11 is 0. The lowest BCUT2D eigenvalue weighted by Crippen LogP contribution is -2.49. The maximum atomic E-state index is 12.6. The van der Waals surface area contributed by atoms with Gasteiger partial charge in [-0.15, -0.1) is 0 Å². The molecule has 0 bridgehead atoms. The average molecular weight is 480 g/mol. The summed E-state index contributed by atoms with van der Waals surface area (Å²) in [6, 6.07) is 10.5. The molecule has 10 nitrogen and oxygen atoms in total. The minimum atomic E-state index is -0.549. The maximum Gasteiger partial charge on any atom is 0.319 e. The Morgan fingerprint density at radius 3 is 2.37 bits per heavy atom. The van der Waals surface area contributed by atoms with Gasteiger partial charge in [-0.3, -0.25) is 9.59 Å². The standard InChI is InChI=1S/C25H33N7O3/c26-24(34)19-7-8-21(30-12-4-1-5-13-30)20(18-19)29-25(35)28-11-9-23(33)32-16-14-31(15-17-32)22-6-2-3-10-27-22/h2-3,6-8,10,18H,1,4-5,9,11-17H2,(H2,26,34)(H2,28,29,35). The normalized spacial score (nSPS) is 16.1. The maximum absolute atomic E-state index is 12.6. The van der Waals surface area contributed by atoms with Gasteiger partial charge in [0.25, 0.3) is 0 Å². The molecule has 35 heavy (non-hydrogen) atoms. The first-order chi connectivity index (χ1) is 17.0. The second kappa shape index (κ2) is 11.5. The highest BCUT2D eigenvalue weighted by atomic mass is 16.2. The molecule has 2 aliphatic rings. The largest absolute Gasteiger partial charge is 0.370 e. The van der Waals surface area contributed by atoms with Crippen LogP contribution in [0, 0.1) is 0 Å². The summed E-state index contributed by atoms with van der Waals surface area (Å²) < 4.78 is 0. The SMILES string of the molecule is NC(=O)c1ccc(N2CCCCC2)c(NC(=O)NCCC(=O)N2CCN(c3ccccn3)CC2)c1. The number of amides is 4. The van der Waals surface area contributed by atoms with Crippen LogP contribution in [0.1, 0.15) is 36.0 Å². The van der Waals surface area contributed by atoms with Crippen LogP contribution in [-0.4, -0.2) is 73.5 Å². The molecule has 2 fully saturated rings. The number of benzene rings is 1. The van der Waals surface area contributed by atoms with E-state index < -0.39 is 11.9 Å². The van der Waals surface area contributed by atoms with Gasteiger partial charge in [-0.1, -0.05) is 6.07 Å². The number of nitrogens with one attached hydrogen (secondary N) is 2. The average Bonchev–Trinajstić information content (AvgIpc) is 2.89. The number of piperazine rings is 1. The van der Waals surface area contributed by atoms with Crippen molar-refractivity contribution in [3.05, 3.63) is 48.2 Å². The Kier molecular flexibility index (Phi) is 8.02. The highest BCUT2D eigenvalue weighted by molar-refractivity contribution is 5.99. The summed E-state index contributed by atoms with van der Waals surface area (Å²) in [5.41, 5.74) is 7.18. The second-order valence-electron chi connectivity index (χ2n) is 8.83. The number of nitrogens with two attached hydrogens (primary N) is 1. The van der Waals surface area contributed by atoms with Gasteiger partial charge in [0.1, 0.15) is 5.82 Å². The highest BCUT2D eigenvalue weighted by Gasteiger charge is 2.22. The van der Waals surface area contributed by atoms with Gasteiger partial charge in [-0.05, 0) is 49.6 Å². The zero-order chi connectivity index (χ0) is 24.6. The molecule has 0 spiro atoms. The molecule has 4 N–H and O–H groups in total. The van der Waals surface area contributed by atoms with Crippen LogP contribution in [0.2, 0.25) is 0 Å². The molecule has 1 aromatic carbocycles. The molecule has 0 saturated carbocycles. The Hall–Kier alpha value is -3.82. The van der Waals surface area contributed by atoms with Crippen LogP contribution >= 0.6 is 0 Å². The van der Waals surface area contributed by atoms with Crippen LogP contribution in [0.25, 0.3) is 0 Å². The van der Waals surface area contributed by atoms with Crippen molar-refractivity contribution in [1.82, 2.24) is 15.2 Å². The summed E-state index contributed by atoms with van der Waals surface area (Å²) in [6.45, 7) is 4.72. The van der Waals surface area contributed by atoms with E-state index in [1.54, 1.807) is 18.3 Å². The minimum Gasteiger partial charge on any atom is -0.370 e. The lowest BCUT2D eigenvalue weighted by atomic mass is 10.1. The number of carbonyl (C=O) groups excluding carboxylic acids is 3. The number of rotatable bonds is 7. The van der Waals surface area contributed by atoms with E-state index in [2.05, 4.69) is 25.4 Å². The van der Waals surface area contributed by atoms with Crippen molar-refractivity contribution in [2.75, 3.05) is 60.9 Å². The van der Waals surface area contributed by atoms with Crippen molar-refractivity contribution in [3.63, 3.8) is 0 Å². The minimum absolute atomic E-state index is 0.00991.